The second-order valence-corrected chi connectivity index (χ2v) is 5.00. The van der Waals surface area contributed by atoms with Gasteiger partial charge in [-0.3, -0.25) is 9.78 Å². The first-order valence-electron chi connectivity index (χ1n) is 7.29. The molecule has 0 aliphatic rings. The zero-order chi connectivity index (χ0) is 15.9. The molecular formula is C19H16N2O2. The number of rotatable bonds is 5. The van der Waals surface area contributed by atoms with Gasteiger partial charge in [-0.1, -0.05) is 30.3 Å². The minimum absolute atomic E-state index is 0.144. The van der Waals surface area contributed by atoms with Gasteiger partial charge in [0.2, 0.25) is 0 Å². The molecule has 0 saturated heterocycles. The van der Waals surface area contributed by atoms with E-state index < -0.39 is 0 Å². The van der Waals surface area contributed by atoms with Crippen molar-refractivity contribution >= 4 is 11.6 Å². The first kappa shape index (κ1) is 14.8. The summed E-state index contributed by atoms with van der Waals surface area (Å²) in [4.78, 5) is 16.2. The van der Waals surface area contributed by atoms with Crippen LogP contribution in [0.2, 0.25) is 0 Å². The van der Waals surface area contributed by atoms with Crippen molar-refractivity contribution < 1.29 is 9.53 Å². The van der Waals surface area contributed by atoms with Gasteiger partial charge in [0.05, 0.1) is 0 Å². The van der Waals surface area contributed by atoms with Gasteiger partial charge in [-0.05, 0) is 30.3 Å². The molecule has 0 radical (unpaired) electrons. The molecule has 1 heterocycles. The van der Waals surface area contributed by atoms with Crippen molar-refractivity contribution in [3.8, 4) is 5.75 Å². The van der Waals surface area contributed by atoms with Crippen molar-refractivity contribution in [3.63, 3.8) is 0 Å². The van der Waals surface area contributed by atoms with E-state index in [4.69, 9.17) is 4.74 Å². The van der Waals surface area contributed by atoms with E-state index in [1.54, 1.807) is 30.6 Å². The van der Waals surface area contributed by atoms with Gasteiger partial charge in [0, 0.05) is 35.3 Å². The van der Waals surface area contributed by atoms with Gasteiger partial charge >= 0.3 is 0 Å². The van der Waals surface area contributed by atoms with E-state index in [-0.39, 0.29) is 5.91 Å². The fourth-order valence-corrected chi connectivity index (χ4v) is 2.11. The number of benzene rings is 2. The molecule has 114 valence electrons. The second-order valence-electron chi connectivity index (χ2n) is 5.00. The fourth-order valence-electron chi connectivity index (χ4n) is 2.11. The largest absolute Gasteiger partial charge is 0.489 e. The van der Waals surface area contributed by atoms with Crippen LogP contribution >= 0.6 is 0 Å². The van der Waals surface area contributed by atoms with Crippen molar-refractivity contribution in [3.05, 3.63) is 90.3 Å². The third kappa shape index (κ3) is 4.17. The van der Waals surface area contributed by atoms with Gasteiger partial charge < -0.3 is 10.1 Å². The summed E-state index contributed by atoms with van der Waals surface area (Å²) in [5, 5.41) is 2.87. The van der Waals surface area contributed by atoms with Crippen LogP contribution in [0.1, 0.15) is 15.9 Å². The highest BCUT2D eigenvalue weighted by Gasteiger charge is 2.05. The van der Waals surface area contributed by atoms with Gasteiger partial charge in [-0.25, -0.2) is 0 Å². The van der Waals surface area contributed by atoms with E-state index in [0.29, 0.717) is 23.6 Å². The lowest BCUT2D eigenvalue weighted by molar-refractivity contribution is 0.102. The summed E-state index contributed by atoms with van der Waals surface area (Å²) >= 11 is 0. The SMILES string of the molecule is O=C(Nc1cccc(OCc2cccnc2)c1)c1ccccc1. The second kappa shape index (κ2) is 7.22. The van der Waals surface area contributed by atoms with Gasteiger partial charge in [-0.15, -0.1) is 0 Å². The van der Waals surface area contributed by atoms with E-state index in [1.165, 1.54) is 0 Å². The minimum atomic E-state index is -0.144. The molecule has 1 amide bonds. The van der Waals surface area contributed by atoms with E-state index in [1.807, 2.05) is 48.5 Å². The summed E-state index contributed by atoms with van der Waals surface area (Å²) < 4.78 is 5.73. The third-order valence-electron chi connectivity index (χ3n) is 3.26. The van der Waals surface area contributed by atoms with Gasteiger partial charge in [0.1, 0.15) is 12.4 Å². The molecule has 0 unspecified atom stereocenters. The number of nitrogens with one attached hydrogen (secondary N) is 1. The van der Waals surface area contributed by atoms with Crippen LogP contribution in [0.4, 0.5) is 5.69 Å². The van der Waals surface area contributed by atoms with Crippen LogP contribution in [0.3, 0.4) is 0 Å². The summed E-state index contributed by atoms with van der Waals surface area (Å²) in [6, 6.07) is 20.3. The lowest BCUT2D eigenvalue weighted by Gasteiger charge is -2.09. The molecule has 0 aliphatic heterocycles. The number of carbonyl (C=O) groups excluding carboxylic acids is 1. The number of anilines is 1. The number of ether oxygens (including phenoxy) is 1. The monoisotopic (exact) mass is 304 g/mol. The van der Waals surface area contributed by atoms with Crippen LogP contribution in [0.15, 0.2) is 79.1 Å². The lowest BCUT2D eigenvalue weighted by Crippen LogP contribution is -2.11. The summed E-state index contributed by atoms with van der Waals surface area (Å²) in [6.07, 6.45) is 3.49. The van der Waals surface area contributed by atoms with Gasteiger partial charge in [0.15, 0.2) is 0 Å². The van der Waals surface area contributed by atoms with Crippen LogP contribution in [-0.4, -0.2) is 10.9 Å². The molecule has 4 nitrogen and oxygen atoms in total. The van der Waals surface area contributed by atoms with Crippen molar-refractivity contribution in [1.82, 2.24) is 4.98 Å². The Labute approximate surface area is 134 Å². The highest BCUT2D eigenvalue weighted by atomic mass is 16.5. The Morgan fingerprint density at radius 1 is 1.00 bits per heavy atom. The number of nitrogens with zero attached hydrogens (tertiary/aromatic N) is 1. The first-order valence-corrected chi connectivity index (χ1v) is 7.29. The number of hydrogen-bond acceptors (Lipinski definition) is 3. The maximum atomic E-state index is 12.1. The molecule has 3 aromatic rings. The molecule has 3 rings (SSSR count). The highest BCUT2D eigenvalue weighted by Crippen LogP contribution is 2.19. The normalized spacial score (nSPS) is 10.1. The third-order valence-corrected chi connectivity index (χ3v) is 3.26. The Hall–Kier alpha value is -3.14. The molecule has 23 heavy (non-hydrogen) atoms. The maximum Gasteiger partial charge on any atom is 0.255 e. The lowest BCUT2D eigenvalue weighted by atomic mass is 10.2. The van der Waals surface area contributed by atoms with E-state index >= 15 is 0 Å². The number of amides is 1. The number of carbonyl (C=O) groups is 1. The summed E-state index contributed by atoms with van der Waals surface area (Å²) in [5.74, 6) is 0.551. The molecule has 0 atom stereocenters. The standard InChI is InChI=1S/C19H16N2O2/c22-19(16-7-2-1-3-8-16)21-17-9-4-10-18(12-17)23-14-15-6-5-11-20-13-15/h1-13H,14H2,(H,21,22). The molecule has 0 bridgehead atoms. The number of hydrogen-bond donors (Lipinski definition) is 1. The molecular weight excluding hydrogens is 288 g/mol. The Bertz CT molecular complexity index is 774. The molecule has 1 aromatic heterocycles. The van der Waals surface area contributed by atoms with Crippen LogP contribution < -0.4 is 10.1 Å². The number of aromatic nitrogens is 1. The van der Waals surface area contributed by atoms with Crippen LogP contribution in [0.5, 0.6) is 5.75 Å². The summed E-state index contributed by atoms with van der Waals surface area (Å²) in [6.45, 7) is 0.434. The fraction of sp³-hybridized carbons (Fsp3) is 0.0526. The quantitative estimate of drug-likeness (QED) is 0.777. The van der Waals surface area contributed by atoms with E-state index in [0.717, 1.165) is 5.56 Å². The molecule has 0 spiro atoms. The van der Waals surface area contributed by atoms with Crippen LogP contribution in [0, 0.1) is 0 Å². The number of pyridine rings is 1. The smallest absolute Gasteiger partial charge is 0.255 e. The highest BCUT2D eigenvalue weighted by molar-refractivity contribution is 6.04. The molecule has 0 fully saturated rings. The Balaban J connectivity index is 1.64. The zero-order valence-electron chi connectivity index (χ0n) is 12.5. The van der Waals surface area contributed by atoms with Crippen molar-refractivity contribution in [1.29, 1.82) is 0 Å². The van der Waals surface area contributed by atoms with Crippen molar-refractivity contribution in [2.75, 3.05) is 5.32 Å². The predicted octanol–water partition coefficient (Wildman–Crippen LogP) is 3.91. The zero-order valence-corrected chi connectivity index (χ0v) is 12.5. The first-order chi connectivity index (χ1) is 11.3. The summed E-state index contributed by atoms with van der Waals surface area (Å²) in [5.41, 5.74) is 2.31. The van der Waals surface area contributed by atoms with Crippen LogP contribution in [0.25, 0.3) is 0 Å². The molecule has 0 saturated carbocycles. The Kier molecular flexibility index (Phi) is 4.64. The Morgan fingerprint density at radius 3 is 2.65 bits per heavy atom. The maximum absolute atomic E-state index is 12.1. The molecule has 4 heteroatoms. The van der Waals surface area contributed by atoms with Crippen molar-refractivity contribution in [2.24, 2.45) is 0 Å². The van der Waals surface area contributed by atoms with E-state index in [2.05, 4.69) is 10.3 Å². The average molecular weight is 304 g/mol. The predicted molar refractivity (Wildman–Crippen MR) is 89.4 cm³/mol. The van der Waals surface area contributed by atoms with Crippen LogP contribution in [-0.2, 0) is 6.61 Å². The van der Waals surface area contributed by atoms with Crippen molar-refractivity contribution in [2.45, 2.75) is 6.61 Å². The molecule has 1 N–H and O–H groups in total. The molecule has 0 aliphatic carbocycles. The molecule has 2 aromatic carbocycles. The topological polar surface area (TPSA) is 51.2 Å². The minimum Gasteiger partial charge on any atom is -0.489 e. The summed E-state index contributed by atoms with van der Waals surface area (Å²) in [7, 11) is 0. The Morgan fingerprint density at radius 2 is 1.87 bits per heavy atom. The van der Waals surface area contributed by atoms with E-state index in [9.17, 15) is 4.79 Å². The average Bonchev–Trinajstić information content (AvgIpc) is 2.62. The van der Waals surface area contributed by atoms with Gasteiger partial charge in [0.25, 0.3) is 5.91 Å². The van der Waals surface area contributed by atoms with Gasteiger partial charge in [-0.2, -0.15) is 0 Å².